The molecule has 124 valence electrons. The molecule has 0 saturated heterocycles. The summed E-state index contributed by atoms with van der Waals surface area (Å²) in [6.07, 6.45) is 0. The molecular formula is C16H16ClF2NO2S. The minimum atomic E-state index is -4.43. The molecule has 0 fully saturated rings. The number of hydrogen-bond donors (Lipinski definition) is 1. The van der Waals surface area contributed by atoms with Gasteiger partial charge in [0.1, 0.15) is 11.6 Å². The first-order valence-corrected chi connectivity index (χ1v) is 8.65. The first kappa shape index (κ1) is 17.7. The fourth-order valence-electron chi connectivity index (χ4n) is 2.00. The van der Waals surface area contributed by atoms with Gasteiger partial charge in [-0.15, -0.1) is 0 Å². The number of benzene rings is 2. The largest absolute Gasteiger partial charge is 0.278 e. The lowest BCUT2D eigenvalue weighted by Crippen LogP contribution is -2.17. The average Bonchev–Trinajstić information content (AvgIpc) is 2.39. The van der Waals surface area contributed by atoms with Gasteiger partial charge in [-0.05, 0) is 35.2 Å². The molecule has 0 aliphatic carbocycles. The molecule has 1 N–H and O–H groups in total. The minimum Gasteiger partial charge on any atom is -0.278 e. The van der Waals surface area contributed by atoms with Crippen LogP contribution in [-0.4, -0.2) is 8.42 Å². The molecule has 0 radical (unpaired) electrons. The zero-order valence-corrected chi connectivity index (χ0v) is 14.4. The Bertz CT molecular complexity index is 825. The lowest BCUT2D eigenvalue weighted by atomic mass is 9.87. The number of rotatable bonds is 3. The SMILES string of the molecule is CC(C)(C)c1ccc(NS(=O)(=O)c2c(F)cccc2F)c(Cl)c1. The summed E-state index contributed by atoms with van der Waals surface area (Å²) in [5.41, 5.74) is 0.795. The lowest BCUT2D eigenvalue weighted by Gasteiger charge is -2.20. The maximum Gasteiger partial charge on any atom is 0.267 e. The maximum absolute atomic E-state index is 13.7. The van der Waals surface area contributed by atoms with E-state index in [0.717, 1.165) is 23.8 Å². The Morgan fingerprint density at radius 1 is 1.04 bits per heavy atom. The van der Waals surface area contributed by atoms with Gasteiger partial charge < -0.3 is 0 Å². The van der Waals surface area contributed by atoms with Crippen LogP contribution >= 0.6 is 11.6 Å². The fraction of sp³-hybridized carbons (Fsp3) is 0.250. The van der Waals surface area contributed by atoms with Crippen LogP contribution in [0.4, 0.5) is 14.5 Å². The highest BCUT2D eigenvalue weighted by Crippen LogP contribution is 2.31. The number of sulfonamides is 1. The molecule has 2 aromatic carbocycles. The summed E-state index contributed by atoms with van der Waals surface area (Å²) in [4.78, 5) is -1.03. The van der Waals surface area contributed by atoms with Crippen LogP contribution in [-0.2, 0) is 15.4 Å². The van der Waals surface area contributed by atoms with Crippen molar-refractivity contribution in [3.63, 3.8) is 0 Å². The predicted molar refractivity (Wildman–Crippen MR) is 87.3 cm³/mol. The Balaban J connectivity index is 2.43. The summed E-state index contributed by atoms with van der Waals surface area (Å²) in [6.45, 7) is 5.95. The molecule has 2 aromatic rings. The quantitative estimate of drug-likeness (QED) is 0.862. The molecule has 0 unspecified atom stereocenters. The van der Waals surface area contributed by atoms with Gasteiger partial charge in [0.25, 0.3) is 10.0 Å². The highest BCUT2D eigenvalue weighted by Gasteiger charge is 2.25. The van der Waals surface area contributed by atoms with Gasteiger partial charge in [0.2, 0.25) is 0 Å². The molecule has 0 aromatic heterocycles. The van der Waals surface area contributed by atoms with Gasteiger partial charge in [-0.2, -0.15) is 0 Å². The Hall–Kier alpha value is -1.66. The second-order valence-electron chi connectivity index (χ2n) is 6.10. The summed E-state index contributed by atoms with van der Waals surface area (Å²) in [6, 6.07) is 7.65. The van der Waals surface area contributed by atoms with Crippen LogP contribution in [0.1, 0.15) is 26.3 Å². The molecular weight excluding hydrogens is 344 g/mol. The van der Waals surface area contributed by atoms with E-state index < -0.39 is 26.6 Å². The molecule has 0 bridgehead atoms. The monoisotopic (exact) mass is 359 g/mol. The second kappa shape index (κ2) is 6.09. The van der Waals surface area contributed by atoms with Gasteiger partial charge in [0, 0.05) is 0 Å². The molecule has 0 amide bonds. The van der Waals surface area contributed by atoms with E-state index in [-0.39, 0.29) is 16.1 Å². The van der Waals surface area contributed by atoms with Crippen molar-refractivity contribution >= 4 is 27.3 Å². The lowest BCUT2D eigenvalue weighted by molar-refractivity contribution is 0.521. The van der Waals surface area contributed by atoms with Crippen LogP contribution in [0.2, 0.25) is 5.02 Å². The van der Waals surface area contributed by atoms with Crippen molar-refractivity contribution in [1.29, 1.82) is 0 Å². The van der Waals surface area contributed by atoms with Crippen molar-refractivity contribution in [2.75, 3.05) is 4.72 Å². The summed E-state index contributed by atoms with van der Waals surface area (Å²) in [7, 11) is -4.43. The molecule has 0 atom stereocenters. The maximum atomic E-state index is 13.7. The van der Waals surface area contributed by atoms with E-state index >= 15 is 0 Å². The van der Waals surface area contributed by atoms with Gasteiger partial charge in [-0.3, -0.25) is 4.72 Å². The van der Waals surface area contributed by atoms with Crippen LogP contribution in [0.3, 0.4) is 0 Å². The fourth-order valence-corrected chi connectivity index (χ4v) is 3.50. The van der Waals surface area contributed by atoms with Gasteiger partial charge in [0.05, 0.1) is 10.7 Å². The van der Waals surface area contributed by atoms with Crippen LogP contribution in [0.5, 0.6) is 0 Å². The van der Waals surface area contributed by atoms with E-state index in [1.807, 2.05) is 20.8 Å². The smallest absolute Gasteiger partial charge is 0.267 e. The molecule has 0 heterocycles. The Labute approximate surface area is 139 Å². The number of halogens is 3. The van der Waals surface area contributed by atoms with Crippen LogP contribution in [0.15, 0.2) is 41.3 Å². The van der Waals surface area contributed by atoms with Gasteiger partial charge in [-0.25, -0.2) is 17.2 Å². The van der Waals surface area contributed by atoms with Crippen LogP contribution in [0, 0.1) is 11.6 Å². The topological polar surface area (TPSA) is 46.2 Å². The van der Waals surface area contributed by atoms with Gasteiger partial charge >= 0.3 is 0 Å². The third kappa shape index (κ3) is 3.82. The number of nitrogens with one attached hydrogen (secondary N) is 1. The van der Waals surface area contributed by atoms with Crippen molar-refractivity contribution in [1.82, 2.24) is 0 Å². The minimum absolute atomic E-state index is 0.0577. The molecule has 23 heavy (non-hydrogen) atoms. The van der Waals surface area contributed by atoms with Crippen molar-refractivity contribution in [3.8, 4) is 0 Å². The summed E-state index contributed by atoms with van der Waals surface area (Å²) in [5, 5.41) is 0.151. The van der Waals surface area contributed by atoms with E-state index in [2.05, 4.69) is 4.72 Å². The third-order valence-electron chi connectivity index (χ3n) is 3.27. The molecule has 7 heteroatoms. The van der Waals surface area contributed by atoms with E-state index in [1.54, 1.807) is 12.1 Å². The van der Waals surface area contributed by atoms with Crippen molar-refractivity contribution in [2.24, 2.45) is 0 Å². The molecule has 0 aliphatic rings. The Morgan fingerprint density at radius 3 is 2.09 bits per heavy atom. The van der Waals surface area contributed by atoms with Crippen molar-refractivity contribution in [2.45, 2.75) is 31.1 Å². The highest BCUT2D eigenvalue weighted by molar-refractivity contribution is 7.92. The van der Waals surface area contributed by atoms with Crippen LogP contribution < -0.4 is 4.72 Å². The van der Waals surface area contributed by atoms with E-state index in [0.29, 0.717) is 0 Å². The zero-order chi connectivity index (χ0) is 17.4. The van der Waals surface area contributed by atoms with E-state index in [9.17, 15) is 17.2 Å². The van der Waals surface area contributed by atoms with E-state index in [4.69, 9.17) is 11.6 Å². The Kier molecular flexibility index (Phi) is 4.69. The normalized spacial score (nSPS) is 12.3. The summed E-state index contributed by atoms with van der Waals surface area (Å²) < 4.78 is 53.9. The Morgan fingerprint density at radius 2 is 1.61 bits per heavy atom. The molecule has 0 spiro atoms. The van der Waals surface area contributed by atoms with Crippen molar-refractivity contribution in [3.05, 3.63) is 58.6 Å². The van der Waals surface area contributed by atoms with Crippen LogP contribution in [0.25, 0.3) is 0 Å². The summed E-state index contributed by atoms with van der Waals surface area (Å²) in [5.74, 6) is -2.33. The summed E-state index contributed by atoms with van der Waals surface area (Å²) >= 11 is 6.09. The van der Waals surface area contributed by atoms with E-state index in [1.165, 1.54) is 6.07 Å². The third-order valence-corrected chi connectivity index (χ3v) is 5.00. The van der Waals surface area contributed by atoms with Crippen molar-refractivity contribution < 1.29 is 17.2 Å². The van der Waals surface area contributed by atoms with Gasteiger partial charge in [-0.1, -0.05) is 44.5 Å². The number of hydrogen-bond acceptors (Lipinski definition) is 2. The first-order valence-electron chi connectivity index (χ1n) is 6.79. The molecule has 2 rings (SSSR count). The zero-order valence-electron chi connectivity index (χ0n) is 12.8. The molecule has 3 nitrogen and oxygen atoms in total. The van der Waals surface area contributed by atoms with Gasteiger partial charge in [0.15, 0.2) is 4.90 Å². The molecule has 0 saturated carbocycles. The molecule has 0 aliphatic heterocycles. The standard InChI is InChI=1S/C16H16ClF2NO2S/c1-16(2,3)10-7-8-14(11(17)9-10)20-23(21,22)15-12(18)5-4-6-13(15)19/h4-9,20H,1-3H3. The first-order chi connectivity index (χ1) is 10.5. The predicted octanol–water partition coefficient (Wildman–Crippen LogP) is 4.72. The average molecular weight is 360 g/mol. The number of anilines is 1. The second-order valence-corrected chi connectivity index (χ2v) is 8.13. The highest BCUT2D eigenvalue weighted by atomic mass is 35.5.